The molecule has 0 aliphatic rings. The second kappa shape index (κ2) is 8.86. The second-order valence-electron chi connectivity index (χ2n) is 8.78. The van der Waals surface area contributed by atoms with Crippen LogP contribution in [-0.4, -0.2) is 33.8 Å². The molecule has 0 aliphatic heterocycles. The Morgan fingerprint density at radius 3 is 2.66 bits per heavy atom. The molecule has 9 heteroatoms. The van der Waals surface area contributed by atoms with Gasteiger partial charge in [0, 0.05) is 43.6 Å². The number of halogens is 2. The lowest BCUT2D eigenvalue weighted by Crippen LogP contribution is -2.22. The lowest BCUT2D eigenvalue weighted by atomic mass is 10.0. The van der Waals surface area contributed by atoms with E-state index in [1.807, 2.05) is 24.5 Å². The number of aromatic nitrogens is 4. The molecule has 0 aliphatic carbocycles. The number of hydrogen-bond acceptors (Lipinski definition) is 3. The van der Waals surface area contributed by atoms with E-state index < -0.39 is 13.9 Å². The molecule has 32 heavy (non-hydrogen) atoms. The first-order chi connectivity index (χ1) is 15.2. The molecule has 0 N–H and O–H groups in total. The van der Waals surface area contributed by atoms with Crippen molar-refractivity contribution in [1.82, 2.24) is 19.2 Å². The van der Waals surface area contributed by atoms with Crippen LogP contribution in [0.25, 0.3) is 32.9 Å². The molecule has 0 spiro atoms. The summed E-state index contributed by atoms with van der Waals surface area (Å²) < 4.78 is 23.1. The van der Waals surface area contributed by atoms with Gasteiger partial charge in [-0.05, 0) is 30.3 Å². The van der Waals surface area contributed by atoms with E-state index >= 15 is 0 Å². The molecule has 164 valence electrons. The molecule has 0 saturated carbocycles. The van der Waals surface area contributed by atoms with Crippen molar-refractivity contribution >= 4 is 31.1 Å². The first kappa shape index (κ1) is 22.2. The van der Waals surface area contributed by atoms with Crippen molar-refractivity contribution < 1.29 is 9.13 Å². The number of ether oxygens (including phenoxy) is 1. The zero-order chi connectivity index (χ0) is 22.9. The minimum atomic E-state index is -1.18. The summed E-state index contributed by atoms with van der Waals surface area (Å²) in [5, 5.41) is 4.75. The number of hydrogen-bond donors (Lipinski definition) is 0. The minimum absolute atomic E-state index is 0.0368. The van der Waals surface area contributed by atoms with Gasteiger partial charge in [-0.15, -0.1) is 0 Å². The van der Waals surface area contributed by atoms with Gasteiger partial charge in [-0.1, -0.05) is 37.8 Å². The topological polar surface area (TPSA) is 48.7 Å². The van der Waals surface area contributed by atoms with Gasteiger partial charge >= 0.3 is 0 Å². The lowest BCUT2D eigenvalue weighted by molar-refractivity contribution is 0.0788. The van der Waals surface area contributed by atoms with Gasteiger partial charge in [-0.2, -0.15) is 5.10 Å². The van der Waals surface area contributed by atoms with Crippen LogP contribution in [0.2, 0.25) is 30.7 Å². The Balaban J connectivity index is 1.73. The third-order valence-corrected chi connectivity index (χ3v) is 7.08. The third kappa shape index (κ3) is 4.75. The van der Waals surface area contributed by atoms with Gasteiger partial charge in [0.05, 0.1) is 17.4 Å². The molecule has 0 saturated heterocycles. The molecular formula is C23H23ClFN5OSi. The predicted molar refractivity (Wildman–Crippen MR) is 127 cm³/mol. The monoisotopic (exact) mass is 467 g/mol. The highest BCUT2D eigenvalue weighted by atomic mass is 35.5. The molecule has 1 aromatic carbocycles. The normalized spacial score (nSPS) is 11.8. The first-order valence-corrected chi connectivity index (χ1v) is 14.3. The van der Waals surface area contributed by atoms with Crippen molar-refractivity contribution in [3.8, 4) is 22.4 Å². The van der Waals surface area contributed by atoms with E-state index in [4.69, 9.17) is 28.0 Å². The van der Waals surface area contributed by atoms with E-state index in [0.29, 0.717) is 36.1 Å². The van der Waals surface area contributed by atoms with Crippen LogP contribution in [0, 0.1) is 12.4 Å². The number of pyridine rings is 1. The molecule has 4 aromatic rings. The fourth-order valence-electron chi connectivity index (χ4n) is 3.30. The zero-order valence-electron chi connectivity index (χ0n) is 18.1. The molecule has 3 heterocycles. The number of nitrogens with zero attached hydrogens (tertiary/aromatic N) is 5. The first-order valence-electron chi connectivity index (χ1n) is 10.2. The molecule has 4 rings (SSSR count). The summed E-state index contributed by atoms with van der Waals surface area (Å²) in [6.07, 6.45) is 5.30. The summed E-state index contributed by atoms with van der Waals surface area (Å²) in [7, 11) is -1.18. The summed E-state index contributed by atoms with van der Waals surface area (Å²) in [6, 6.07) is 9.41. The number of rotatable bonds is 7. The van der Waals surface area contributed by atoms with Gasteiger partial charge in [0.25, 0.3) is 5.82 Å². The number of fused-ring (bicyclic) bond motifs is 1. The average Bonchev–Trinajstić information content (AvgIpc) is 3.36. The van der Waals surface area contributed by atoms with Crippen LogP contribution in [0.5, 0.6) is 0 Å². The van der Waals surface area contributed by atoms with Gasteiger partial charge < -0.3 is 9.58 Å². The van der Waals surface area contributed by atoms with Gasteiger partial charge in [0.2, 0.25) is 5.65 Å². The van der Waals surface area contributed by atoms with Crippen molar-refractivity contribution in [3.05, 3.63) is 71.2 Å². The number of benzene rings is 1. The Labute approximate surface area is 192 Å². The summed E-state index contributed by atoms with van der Waals surface area (Å²) >= 11 is 6.04. The van der Waals surface area contributed by atoms with Gasteiger partial charge in [-0.25, -0.2) is 18.5 Å². The van der Waals surface area contributed by atoms with E-state index in [9.17, 15) is 4.39 Å². The molecule has 0 unspecified atom stereocenters. The van der Waals surface area contributed by atoms with Crippen molar-refractivity contribution in [2.24, 2.45) is 0 Å². The van der Waals surface area contributed by atoms with Crippen LogP contribution in [0.15, 0.2) is 48.9 Å². The Bertz CT molecular complexity index is 1320. The SMILES string of the molecule is [C-]#[N+]c1cnc2ccc(-c3cn(COCC[Si](C)(C)C)nc3-c3ccc(F)c(Cl)c3)cn12. The fourth-order valence-corrected chi connectivity index (χ4v) is 4.24. The van der Waals surface area contributed by atoms with Gasteiger partial charge in [-0.3, -0.25) is 0 Å². The fraction of sp³-hybridized carbons (Fsp3) is 0.261. The zero-order valence-corrected chi connectivity index (χ0v) is 19.9. The Hall–Kier alpha value is -2.99. The molecule has 6 nitrogen and oxygen atoms in total. The van der Waals surface area contributed by atoms with E-state index in [1.54, 1.807) is 27.4 Å². The smallest absolute Gasteiger partial charge is 0.254 e. The van der Waals surface area contributed by atoms with E-state index in [1.165, 1.54) is 6.07 Å². The predicted octanol–water partition coefficient (Wildman–Crippen LogP) is 6.52. The highest BCUT2D eigenvalue weighted by Crippen LogP contribution is 2.33. The summed E-state index contributed by atoms with van der Waals surface area (Å²) in [5.74, 6) is -0.0529. The highest BCUT2D eigenvalue weighted by molar-refractivity contribution is 6.76. The van der Waals surface area contributed by atoms with Gasteiger partial charge in [0.1, 0.15) is 18.2 Å². The van der Waals surface area contributed by atoms with Crippen LogP contribution in [0.3, 0.4) is 0 Å². The summed E-state index contributed by atoms with van der Waals surface area (Å²) in [4.78, 5) is 7.78. The minimum Gasteiger partial charge on any atom is -0.362 e. The molecule has 0 radical (unpaired) electrons. The van der Waals surface area contributed by atoms with E-state index in [-0.39, 0.29) is 5.02 Å². The Morgan fingerprint density at radius 1 is 1.16 bits per heavy atom. The third-order valence-electron chi connectivity index (χ3n) is 5.09. The van der Waals surface area contributed by atoms with Crippen molar-refractivity contribution in [2.75, 3.05) is 6.61 Å². The standard InChI is InChI=1S/C23H23ClFN5OSi/c1-26-22-12-27-21-8-6-17(13-30(21)22)18-14-29(15-31-9-10-32(2,3)4)28-23(18)16-5-7-20(25)19(24)11-16/h5-8,11-14H,9-10,15H2,2-4H3. The van der Waals surface area contributed by atoms with Crippen molar-refractivity contribution in [1.29, 1.82) is 0 Å². The maximum absolute atomic E-state index is 13.8. The molecule has 0 fully saturated rings. The molecule has 0 amide bonds. The van der Waals surface area contributed by atoms with Crippen LogP contribution in [0.4, 0.5) is 10.2 Å². The summed E-state index contributed by atoms with van der Waals surface area (Å²) in [6.45, 7) is 15.3. The Morgan fingerprint density at radius 2 is 1.94 bits per heavy atom. The van der Waals surface area contributed by atoms with Crippen LogP contribution < -0.4 is 0 Å². The molecular weight excluding hydrogens is 445 g/mol. The summed E-state index contributed by atoms with van der Waals surface area (Å²) in [5.41, 5.74) is 3.72. The average molecular weight is 468 g/mol. The molecule has 0 bridgehead atoms. The lowest BCUT2D eigenvalue weighted by Gasteiger charge is -2.15. The maximum atomic E-state index is 13.8. The van der Waals surface area contributed by atoms with Crippen molar-refractivity contribution in [3.63, 3.8) is 0 Å². The number of imidazole rings is 1. The highest BCUT2D eigenvalue weighted by Gasteiger charge is 2.18. The van der Waals surface area contributed by atoms with Crippen LogP contribution >= 0.6 is 11.6 Å². The molecule has 0 atom stereocenters. The van der Waals surface area contributed by atoms with Crippen molar-refractivity contribution in [2.45, 2.75) is 32.4 Å². The van der Waals surface area contributed by atoms with Crippen LogP contribution in [-0.2, 0) is 11.5 Å². The second-order valence-corrected chi connectivity index (χ2v) is 14.8. The maximum Gasteiger partial charge on any atom is 0.254 e. The van der Waals surface area contributed by atoms with E-state index in [0.717, 1.165) is 17.2 Å². The largest absolute Gasteiger partial charge is 0.362 e. The Kier molecular flexibility index (Phi) is 6.15. The quantitative estimate of drug-likeness (QED) is 0.176. The van der Waals surface area contributed by atoms with Gasteiger partial charge in [0.15, 0.2) is 0 Å². The van der Waals surface area contributed by atoms with Crippen LogP contribution in [0.1, 0.15) is 0 Å². The molecule has 3 aromatic heterocycles. The van der Waals surface area contributed by atoms with E-state index in [2.05, 4.69) is 29.5 Å².